The number of unbranched alkanes of at least 4 members (excludes halogenated alkanes) is 1. The molecule has 0 spiro atoms. The summed E-state index contributed by atoms with van der Waals surface area (Å²) in [4.78, 5) is 0. The van der Waals surface area contributed by atoms with Crippen molar-refractivity contribution in [2.75, 3.05) is 0 Å². The summed E-state index contributed by atoms with van der Waals surface area (Å²) in [6.45, 7) is 23.1. The summed E-state index contributed by atoms with van der Waals surface area (Å²) >= 11 is 0. The Hall–Kier alpha value is -3.26. The molecule has 52 heavy (non-hydrogen) atoms. The molecule has 5 aliphatic rings. The van der Waals surface area contributed by atoms with Crippen LogP contribution < -0.4 is 9.13 Å². The Morgan fingerprint density at radius 2 is 1.42 bits per heavy atom. The standard InChI is InChI=1S/C50H66N2/c1-10-13-19-35-29-36-23-24-38(35)41-32-52-46(30-40(36)41)39-21-16-17-22-42(39)49(9,11-2)50(52,12-3)27-28-51-33-44-43(47(5,6)25-26-48(44,7)8)31-45(51)37-20-15-14-18-34(37)4/h14-18,20-22,30-33,35-36,38H,10-13,19,23-29H2,1-9H3/q+2. The second kappa shape index (κ2) is 13.0. The number of pyridine rings is 2. The van der Waals surface area contributed by atoms with Crippen LogP contribution in [-0.2, 0) is 28.3 Å². The number of hydrogen-bond acceptors (Lipinski definition) is 0. The van der Waals surface area contributed by atoms with E-state index in [1.165, 1.54) is 79.4 Å². The zero-order valence-electron chi connectivity index (χ0n) is 34.0. The van der Waals surface area contributed by atoms with Crippen LogP contribution in [0, 0.1) is 12.8 Å². The van der Waals surface area contributed by atoms with Gasteiger partial charge in [0, 0.05) is 35.2 Å². The summed E-state index contributed by atoms with van der Waals surface area (Å²) in [5.74, 6) is 2.30. The highest BCUT2D eigenvalue weighted by Crippen LogP contribution is 2.57. The van der Waals surface area contributed by atoms with Crippen LogP contribution in [0.15, 0.2) is 73.1 Å². The van der Waals surface area contributed by atoms with Gasteiger partial charge in [0.15, 0.2) is 24.5 Å². The van der Waals surface area contributed by atoms with Crippen molar-refractivity contribution in [2.24, 2.45) is 5.92 Å². The summed E-state index contributed by atoms with van der Waals surface area (Å²) in [6.07, 6.45) is 19.4. The molecule has 0 saturated heterocycles. The average molecular weight is 695 g/mol. The van der Waals surface area contributed by atoms with Crippen molar-refractivity contribution in [1.29, 1.82) is 0 Å². The third-order valence-electron chi connectivity index (χ3n) is 15.7. The molecule has 0 amide bonds. The molecule has 2 nitrogen and oxygen atoms in total. The summed E-state index contributed by atoms with van der Waals surface area (Å²) < 4.78 is 5.58. The fraction of sp³-hybridized carbons (Fsp3) is 0.560. The molecule has 3 heterocycles. The van der Waals surface area contributed by atoms with Gasteiger partial charge in [-0.2, -0.15) is 9.13 Å². The number of nitrogens with zero attached hydrogens (tertiary/aromatic N) is 2. The molecule has 2 aromatic carbocycles. The second-order valence-corrected chi connectivity index (χ2v) is 19.1. The van der Waals surface area contributed by atoms with Crippen LogP contribution in [0.4, 0.5) is 0 Å². The van der Waals surface area contributed by atoms with Crippen LogP contribution in [0.2, 0.25) is 0 Å². The number of aryl methyl sites for hydroxylation is 2. The minimum atomic E-state index is -0.0588. The summed E-state index contributed by atoms with van der Waals surface area (Å²) in [5.41, 5.74) is 15.4. The minimum absolute atomic E-state index is 0.00159. The smallest absolute Gasteiger partial charge is 0.198 e. The molecule has 0 N–H and O–H groups in total. The molecular weight excluding hydrogens is 629 g/mol. The summed E-state index contributed by atoms with van der Waals surface area (Å²) in [7, 11) is 0. The highest BCUT2D eigenvalue weighted by atomic mass is 15.1. The first kappa shape index (κ1) is 35.8. The van der Waals surface area contributed by atoms with E-state index in [0.717, 1.165) is 43.6 Å². The molecule has 5 unspecified atom stereocenters. The summed E-state index contributed by atoms with van der Waals surface area (Å²) in [5, 5.41) is 0. The zero-order chi connectivity index (χ0) is 36.6. The molecule has 1 fully saturated rings. The van der Waals surface area contributed by atoms with Gasteiger partial charge in [-0.25, -0.2) is 0 Å². The fourth-order valence-corrected chi connectivity index (χ4v) is 12.1. The maximum absolute atomic E-state index is 2.88. The van der Waals surface area contributed by atoms with Gasteiger partial charge >= 0.3 is 0 Å². The van der Waals surface area contributed by atoms with Crippen molar-refractivity contribution in [3.8, 4) is 22.5 Å². The molecule has 1 aliphatic heterocycles. The van der Waals surface area contributed by atoms with Gasteiger partial charge in [0.2, 0.25) is 11.4 Å². The van der Waals surface area contributed by atoms with Crippen LogP contribution in [0.3, 0.4) is 0 Å². The first-order chi connectivity index (χ1) is 24.9. The van der Waals surface area contributed by atoms with Gasteiger partial charge < -0.3 is 0 Å². The number of fused-ring (bicyclic) bond motifs is 6. The van der Waals surface area contributed by atoms with Crippen LogP contribution in [0.1, 0.15) is 171 Å². The molecule has 0 radical (unpaired) electrons. The van der Waals surface area contributed by atoms with Crippen molar-refractivity contribution in [1.82, 2.24) is 0 Å². The van der Waals surface area contributed by atoms with Crippen molar-refractivity contribution in [3.63, 3.8) is 0 Å². The number of benzene rings is 2. The predicted octanol–water partition coefficient (Wildman–Crippen LogP) is 12.3. The van der Waals surface area contributed by atoms with Gasteiger partial charge in [0.05, 0.1) is 17.4 Å². The Balaban J connectivity index is 1.32. The number of rotatable bonds is 9. The van der Waals surface area contributed by atoms with Gasteiger partial charge in [0.1, 0.15) is 0 Å². The lowest BCUT2D eigenvalue weighted by atomic mass is 9.57. The second-order valence-electron chi connectivity index (χ2n) is 19.1. The Morgan fingerprint density at radius 3 is 2.13 bits per heavy atom. The molecular formula is C50H66N2+2. The highest BCUT2D eigenvalue weighted by molar-refractivity contribution is 5.67. The highest BCUT2D eigenvalue weighted by Gasteiger charge is 2.60. The van der Waals surface area contributed by atoms with E-state index in [0.29, 0.717) is 0 Å². The number of hydrogen-bond donors (Lipinski definition) is 0. The van der Waals surface area contributed by atoms with E-state index >= 15 is 0 Å². The van der Waals surface area contributed by atoms with Crippen LogP contribution in [-0.4, -0.2) is 0 Å². The first-order valence-electron chi connectivity index (χ1n) is 21.2. The molecule has 4 aromatic rings. The minimum Gasteiger partial charge on any atom is -0.198 e. The normalized spacial score (nSPS) is 27.8. The van der Waals surface area contributed by atoms with Crippen molar-refractivity contribution in [3.05, 3.63) is 106 Å². The molecule has 2 aromatic heterocycles. The van der Waals surface area contributed by atoms with E-state index in [9.17, 15) is 0 Å². The molecule has 9 rings (SSSR count). The van der Waals surface area contributed by atoms with Crippen LogP contribution >= 0.6 is 0 Å². The molecule has 5 atom stereocenters. The van der Waals surface area contributed by atoms with Crippen molar-refractivity contribution >= 4 is 0 Å². The molecule has 4 aliphatic carbocycles. The number of aromatic nitrogens is 2. The lowest BCUT2D eigenvalue weighted by Gasteiger charge is -2.49. The lowest BCUT2D eigenvalue weighted by Crippen LogP contribution is -2.70. The van der Waals surface area contributed by atoms with Gasteiger partial charge in [-0.3, -0.25) is 0 Å². The monoisotopic (exact) mass is 695 g/mol. The maximum atomic E-state index is 2.88. The lowest BCUT2D eigenvalue weighted by molar-refractivity contribution is -0.782. The Bertz CT molecular complexity index is 2000. The molecule has 1 saturated carbocycles. The van der Waals surface area contributed by atoms with Gasteiger partial charge in [-0.15, -0.1) is 0 Å². The van der Waals surface area contributed by atoms with E-state index in [1.807, 2.05) is 0 Å². The predicted molar refractivity (Wildman–Crippen MR) is 217 cm³/mol. The molecule has 2 bridgehead atoms. The van der Waals surface area contributed by atoms with Crippen molar-refractivity contribution < 1.29 is 9.13 Å². The first-order valence-corrected chi connectivity index (χ1v) is 21.2. The Labute approximate surface area is 316 Å². The van der Waals surface area contributed by atoms with E-state index < -0.39 is 0 Å². The van der Waals surface area contributed by atoms with Crippen LogP contribution in [0.5, 0.6) is 0 Å². The average Bonchev–Trinajstić information content (AvgIpc) is 3.15. The van der Waals surface area contributed by atoms with Crippen LogP contribution in [0.25, 0.3) is 22.5 Å². The quantitative estimate of drug-likeness (QED) is 0.154. The van der Waals surface area contributed by atoms with E-state index in [1.54, 1.807) is 27.8 Å². The SMILES string of the molecule is CCCCC1CC2CCC1c1c[n+]3c(cc12)-c1ccccc1C(C)(CC)C3(CC)CC[n+]1cc2c(cc1-c1ccccc1C)C(C)(C)CCC2(C)C. The Kier molecular flexibility index (Phi) is 8.90. The Morgan fingerprint density at radius 1 is 0.712 bits per heavy atom. The van der Waals surface area contributed by atoms with Gasteiger partial charge in [0.25, 0.3) is 0 Å². The largest absolute Gasteiger partial charge is 0.213 e. The fourth-order valence-electron chi connectivity index (χ4n) is 12.1. The summed E-state index contributed by atoms with van der Waals surface area (Å²) in [6, 6.07) is 23.9. The maximum Gasteiger partial charge on any atom is 0.213 e. The van der Waals surface area contributed by atoms with E-state index in [2.05, 4.69) is 145 Å². The molecule has 2 heteroatoms. The molecule has 274 valence electrons. The van der Waals surface area contributed by atoms with E-state index in [4.69, 9.17) is 0 Å². The van der Waals surface area contributed by atoms with Crippen molar-refractivity contribution in [2.45, 2.75) is 173 Å². The van der Waals surface area contributed by atoms with Gasteiger partial charge in [-0.05, 0) is 122 Å². The zero-order valence-corrected chi connectivity index (χ0v) is 34.0. The third-order valence-corrected chi connectivity index (χ3v) is 15.7. The van der Waals surface area contributed by atoms with Gasteiger partial charge in [-0.1, -0.05) is 97.7 Å². The topological polar surface area (TPSA) is 7.76 Å². The third kappa shape index (κ3) is 5.31. The van der Waals surface area contributed by atoms with E-state index in [-0.39, 0.29) is 21.8 Å².